The maximum atomic E-state index is 8.58. The summed E-state index contributed by atoms with van der Waals surface area (Å²) in [5, 5.41) is 12.0. The molecule has 15 heteroatoms. The Hall–Kier alpha value is -0.600. The predicted molar refractivity (Wildman–Crippen MR) is 185 cm³/mol. The highest BCUT2D eigenvalue weighted by molar-refractivity contribution is 4.48. The molecule has 0 aromatic carbocycles. The molecule has 0 aliphatic heterocycles. The molecule has 0 rings (SSSR count). The molecule has 0 heterocycles. The molecule has 0 radical (unpaired) electrons. The summed E-state index contributed by atoms with van der Waals surface area (Å²) in [5.74, 6) is 0. The fraction of sp³-hybridized carbons (Fsp3) is 1.00. The fourth-order valence-electron chi connectivity index (χ4n) is 3.75. The van der Waals surface area contributed by atoms with Crippen molar-refractivity contribution < 1.29 is 66.7 Å². The van der Waals surface area contributed by atoms with Crippen molar-refractivity contribution in [1.82, 2.24) is 5.32 Å². The van der Waals surface area contributed by atoms with E-state index in [1.807, 2.05) is 0 Å². The van der Waals surface area contributed by atoms with Crippen molar-refractivity contribution in [2.24, 2.45) is 0 Å². The third-order valence-electron chi connectivity index (χ3n) is 6.33. The van der Waals surface area contributed by atoms with Crippen molar-refractivity contribution >= 4 is 0 Å². The molecule has 49 heavy (non-hydrogen) atoms. The number of unbranched alkanes of at least 4 members (excludes halogenated alkanes) is 3. The van der Waals surface area contributed by atoms with Crippen LogP contribution in [0.2, 0.25) is 0 Å². The molecule has 296 valence electrons. The summed E-state index contributed by atoms with van der Waals surface area (Å²) < 4.78 is 70.7. The summed E-state index contributed by atoms with van der Waals surface area (Å²) in [5.41, 5.74) is 0. The van der Waals surface area contributed by atoms with Crippen molar-refractivity contribution in [2.45, 2.75) is 32.6 Å². The van der Waals surface area contributed by atoms with Crippen LogP contribution >= 0.6 is 0 Å². The van der Waals surface area contributed by atoms with Crippen LogP contribution in [0.4, 0.5) is 0 Å². The van der Waals surface area contributed by atoms with Gasteiger partial charge < -0.3 is 72.0 Å². The number of nitrogens with one attached hydrogen (secondary N) is 1. The highest BCUT2D eigenvalue weighted by Crippen LogP contribution is 1.96. The number of rotatable bonds is 46. The largest absolute Gasteiger partial charge is 0.394 e. The molecule has 0 aromatic heterocycles. The van der Waals surface area contributed by atoms with Crippen molar-refractivity contribution in [1.29, 1.82) is 0 Å². The van der Waals surface area contributed by atoms with Gasteiger partial charge in [0.1, 0.15) is 0 Å². The normalized spacial score (nSPS) is 11.6. The highest BCUT2D eigenvalue weighted by atomic mass is 16.6. The molecule has 0 bridgehead atoms. The molecule has 0 unspecified atom stereocenters. The number of ether oxygens (including phenoxy) is 13. The lowest BCUT2D eigenvalue weighted by molar-refractivity contribution is -0.0292. The van der Waals surface area contributed by atoms with Crippen LogP contribution in [0.15, 0.2) is 0 Å². The quantitative estimate of drug-likeness (QED) is 0.0872. The SMILES string of the molecule is CCCCCCNCCOCCOCCOCCOCCOCCOCCOCCOCCOCCOCCOCCOCCOCCO. The Kier molecular flexibility index (Phi) is 46.8. The Morgan fingerprint density at radius 3 is 0.776 bits per heavy atom. The maximum Gasteiger partial charge on any atom is 0.0701 e. The van der Waals surface area contributed by atoms with Crippen LogP contribution < -0.4 is 5.32 Å². The van der Waals surface area contributed by atoms with E-state index in [1.54, 1.807) is 0 Å². The fourth-order valence-corrected chi connectivity index (χ4v) is 3.75. The lowest BCUT2D eigenvalue weighted by atomic mass is 10.2. The zero-order valence-electron chi connectivity index (χ0n) is 30.6. The lowest BCUT2D eigenvalue weighted by Gasteiger charge is -2.09. The van der Waals surface area contributed by atoms with Gasteiger partial charge in [0.05, 0.1) is 178 Å². The molecule has 2 N–H and O–H groups in total. The van der Waals surface area contributed by atoms with Gasteiger partial charge in [-0.15, -0.1) is 0 Å². The van der Waals surface area contributed by atoms with Gasteiger partial charge in [-0.3, -0.25) is 0 Å². The van der Waals surface area contributed by atoms with Gasteiger partial charge in [0.2, 0.25) is 0 Å². The summed E-state index contributed by atoms with van der Waals surface area (Å²) in [7, 11) is 0. The van der Waals surface area contributed by atoms with Crippen LogP contribution in [-0.4, -0.2) is 197 Å². The van der Waals surface area contributed by atoms with E-state index < -0.39 is 0 Å². The van der Waals surface area contributed by atoms with Crippen molar-refractivity contribution in [3.8, 4) is 0 Å². The number of aliphatic hydroxyl groups is 1. The average molecular weight is 718 g/mol. The van der Waals surface area contributed by atoms with Crippen LogP contribution in [0.5, 0.6) is 0 Å². The molecule has 0 spiro atoms. The van der Waals surface area contributed by atoms with E-state index in [1.165, 1.54) is 25.7 Å². The summed E-state index contributed by atoms with van der Waals surface area (Å²) >= 11 is 0. The highest BCUT2D eigenvalue weighted by Gasteiger charge is 1.97. The van der Waals surface area contributed by atoms with E-state index >= 15 is 0 Å². The zero-order valence-corrected chi connectivity index (χ0v) is 30.6. The average Bonchev–Trinajstić information content (AvgIpc) is 3.11. The predicted octanol–water partition coefficient (Wildman–Crippen LogP) is 1.36. The Balaban J connectivity index is 3.04. The minimum Gasteiger partial charge on any atom is -0.394 e. The third-order valence-corrected chi connectivity index (χ3v) is 6.33. The first-order chi connectivity index (χ1) is 24.4. The first-order valence-corrected chi connectivity index (χ1v) is 18.2. The van der Waals surface area contributed by atoms with Gasteiger partial charge in [-0.05, 0) is 13.0 Å². The molecular weight excluding hydrogens is 646 g/mol. The van der Waals surface area contributed by atoms with Gasteiger partial charge in [-0.2, -0.15) is 0 Å². The van der Waals surface area contributed by atoms with Gasteiger partial charge in [-0.25, -0.2) is 0 Å². The van der Waals surface area contributed by atoms with Gasteiger partial charge in [0.25, 0.3) is 0 Å². The van der Waals surface area contributed by atoms with Crippen molar-refractivity contribution in [2.75, 3.05) is 191 Å². The first-order valence-electron chi connectivity index (χ1n) is 18.2. The summed E-state index contributed by atoms with van der Waals surface area (Å²) in [6.45, 7) is 17.7. The minimum atomic E-state index is 0.0251. The summed E-state index contributed by atoms with van der Waals surface area (Å²) in [4.78, 5) is 0. The summed E-state index contributed by atoms with van der Waals surface area (Å²) in [6, 6.07) is 0. The van der Waals surface area contributed by atoms with E-state index in [0.717, 1.165) is 13.1 Å². The molecule has 0 saturated heterocycles. The number of hydrogen-bond donors (Lipinski definition) is 2. The van der Waals surface area contributed by atoms with Crippen molar-refractivity contribution in [3.63, 3.8) is 0 Å². The Labute approximate surface area is 296 Å². The van der Waals surface area contributed by atoms with Crippen LogP contribution in [0, 0.1) is 0 Å². The molecule has 0 atom stereocenters. The first kappa shape index (κ1) is 48.4. The van der Waals surface area contributed by atoms with Crippen molar-refractivity contribution in [3.05, 3.63) is 0 Å². The monoisotopic (exact) mass is 717 g/mol. The van der Waals surface area contributed by atoms with Crippen LogP contribution in [0.1, 0.15) is 32.6 Å². The van der Waals surface area contributed by atoms with Crippen LogP contribution in [-0.2, 0) is 61.6 Å². The van der Waals surface area contributed by atoms with E-state index in [0.29, 0.717) is 172 Å². The topological polar surface area (TPSA) is 152 Å². The molecule has 0 aliphatic carbocycles. The standard InChI is InChI=1S/C34H71NO14/c1-2-3-4-5-6-35-7-9-37-11-13-39-15-17-41-19-21-43-23-25-45-27-29-47-31-33-49-34-32-48-30-28-46-26-24-44-22-20-42-18-16-40-14-12-38-10-8-36/h35-36H,2-34H2,1H3. The second-order valence-corrected chi connectivity index (χ2v) is 10.5. The van der Waals surface area contributed by atoms with Crippen LogP contribution in [0.25, 0.3) is 0 Å². The Morgan fingerprint density at radius 1 is 0.286 bits per heavy atom. The van der Waals surface area contributed by atoms with Gasteiger partial charge in [0.15, 0.2) is 0 Å². The van der Waals surface area contributed by atoms with Gasteiger partial charge in [-0.1, -0.05) is 26.2 Å². The third kappa shape index (κ3) is 47.4. The molecule has 0 amide bonds. The van der Waals surface area contributed by atoms with E-state index in [4.69, 9.17) is 66.7 Å². The van der Waals surface area contributed by atoms with Gasteiger partial charge >= 0.3 is 0 Å². The van der Waals surface area contributed by atoms with E-state index in [-0.39, 0.29) is 6.61 Å². The molecular formula is C34H71NO14. The second kappa shape index (κ2) is 47.4. The minimum absolute atomic E-state index is 0.0251. The summed E-state index contributed by atoms with van der Waals surface area (Å²) in [6.07, 6.45) is 5.13. The Bertz CT molecular complexity index is 525. The zero-order chi connectivity index (χ0) is 35.2. The smallest absolute Gasteiger partial charge is 0.0701 e. The number of aliphatic hydroxyl groups excluding tert-OH is 1. The Morgan fingerprint density at radius 2 is 0.531 bits per heavy atom. The van der Waals surface area contributed by atoms with Crippen LogP contribution in [0.3, 0.4) is 0 Å². The molecule has 0 saturated carbocycles. The van der Waals surface area contributed by atoms with Gasteiger partial charge in [0, 0.05) is 6.54 Å². The molecule has 0 fully saturated rings. The molecule has 15 nitrogen and oxygen atoms in total. The second-order valence-electron chi connectivity index (χ2n) is 10.5. The van der Waals surface area contributed by atoms with E-state index in [2.05, 4.69) is 12.2 Å². The molecule has 0 aliphatic rings. The van der Waals surface area contributed by atoms with E-state index in [9.17, 15) is 0 Å². The maximum absolute atomic E-state index is 8.58. The lowest BCUT2D eigenvalue weighted by Crippen LogP contribution is -2.21. The number of hydrogen-bond acceptors (Lipinski definition) is 15. The molecule has 0 aromatic rings.